The van der Waals surface area contributed by atoms with Crippen LogP contribution in [0.2, 0.25) is 5.02 Å². The van der Waals surface area contributed by atoms with E-state index in [0.29, 0.717) is 16.1 Å². The fourth-order valence-electron chi connectivity index (χ4n) is 4.48. The number of hydrogen-bond donors (Lipinski definition) is 1. The number of carbonyl (C=O) groups excluding carboxylic acids is 2. The molecule has 224 valence electrons. The number of fused-ring (bicyclic) bond motifs is 1. The van der Waals surface area contributed by atoms with E-state index in [9.17, 15) is 18.0 Å². The molecule has 0 radical (unpaired) electrons. The number of aromatic nitrogens is 3. The Labute approximate surface area is 251 Å². The Morgan fingerprint density at radius 1 is 1.19 bits per heavy atom. The first-order valence-corrected chi connectivity index (χ1v) is 15.1. The van der Waals surface area contributed by atoms with Crippen molar-refractivity contribution in [1.82, 2.24) is 20.4 Å². The first-order chi connectivity index (χ1) is 20.2. The maximum absolute atomic E-state index is 15.6. The van der Waals surface area contributed by atoms with Gasteiger partial charge in [-0.15, -0.1) is 0 Å². The molecule has 1 N–H and O–H groups in total. The maximum atomic E-state index is 15.6. The number of carbonyl (C=O) groups is 2. The van der Waals surface area contributed by atoms with E-state index in [0.717, 1.165) is 11.6 Å². The fraction of sp³-hybridized carbons (Fsp3) is 0.276. The Balaban J connectivity index is 1.62. The van der Waals surface area contributed by atoms with Crippen molar-refractivity contribution >= 4 is 39.1 Å². The van der Waals surface area contributed by atoms with Crippen molar-refractivity contribution in [1.29, 1.82) is 0 Å². The number of nitrogens with zero attached hydrogens (tertiary/aromatic N) is 4. The van der Waals surface area contributed by atoms with Crippen LogP contribution in [0.4, 0.5) is 14.9 Å². The molecule has 1 aliphatic heterocycles. The third-order valence-corrected chi connectivity index (χ3v) is 8.53. The maximum Gasteiger partial charge on any atom is 0.408 e. The van der Waals surface area contributed by atoms with E-state index in [4.69, 9.17) is 20.9 Å². The largest absolute Gasteiger partial charge is 0.444 e. The number of hydrogen-bond acceptors (Lipinski definition) is 9. The average molecular weight is 628 g/mol. The number of amides is 2. The molecule has 14 heteroatoms. The highest BCUT2D eigenvalue weighted by Gasteiger charge is 2.40. The molecule has 43 heavy (non-hydrogen) atoms. The van der Waals surface area contributed by atoms with E-state index < -0.39 is 49.9 Å². The molecule has 0 bridgehead atoms. The van der Waals surface area contributed by atoms with Crippen LogP contribution in [0.1, 0.15) is 31.9 Å². The molecular weight excluding hydrogens is 601 g/mol. The predicted molar refractivity (Wildman–Crippen MR) is 156 cm³/mol. The van der Waals surface area contributed by atoms with Crippen LogP contribution in [0.5, 0.6) is 0 Å². The minimum Gasteiger partial charge on any atom is -0.444 e. The number of anilines is 1. The quantitative estimate of drug-likeness (QED) is 0.319. The molecule has 0 fully saturated rings. The lowest BCUT2D eigenvalue weighted by atomic mass is 10.1. The van der Waals surface area contributed by atoms with Gasteiger partial charge in [-0.05, 0) is 69.2 Å². The van der Waals surface area contributed by atoms with Gasteiger partial charge in [-0.1, -0.05) is 28.9 Å². The molecule has 2 aromatic heterocycles. The molecule has 0 unspecified atom stereocenters. The zero-order chi connectivity index (χ0) is 31.1. The first kappa shape index (κ1) is 30.1. The summed E-state index contributed by atoms with van der Waals surface area (Å²) in [6.07, 6.45) is 2.15. The lowest BCUT2D eigenvalue weighted by molar-refractivity contribution is -0.120. The smallest absolute Gasteiger partial charge is 0.408 e. The molecule has 1 aliphatic rings. The molecule has 4 aromatic rings. The molecule has 3 heterocycles. The molecule has 2 aromatic carbocycles. The Kier molecular flexibility index (Phi) is 7.97. The molecule has 11 nitrogen and oxygen atoms in total. The Hall–Kier alpha value is -4.36. The van der Waals surface area contributed by atoms with Crippen LogP contribution in [0, 0.1) is 12.7 Å². The van der Waals surface area contributed by atoms with E-state index >= 15 is 4.39 Å². The third kappa shape index (κ3) is 6.52. The second-order valence-electron chi connectivity index (χ2n) is 10.9. The van der Waals surface area contributed by atoms with Gasteiger partial charge in [0.1, 0.15) is 17.5 Å². The highest BCUT2D eigenvalue weighted by atomic mass is 35.5. The van der Waals surface area contributed by atoms with Gasteiger partial charge >= 0.3 is 6.09 Å². The van der Waals surface area contributed by atoms with E-state index in [2.05, 4.69) is 20.4 Å². The van der Waals surface area contributed by atoms with Gasteiger partial charge in [-0.3, -0.25) is 9.78 Å². The van der Waals surface area contributed by atoms with Crippen molar-refractivity contribution < 1.29 is 31.7 Å². The van der Waals surface area contributed by atoms with Gasteiger partial charge in [0.05, 0.1) is 34.0 Å². The number of benzene rings is 2. The van der Waals surface area contributed by atoms with Crippen molar-refractivity contribution in [2.24, 2.45) is 0 Å². The van der Waals surface area contributed by atoms with E-state index in [1.807, 2.05) is 6.92 Å². The van der Waals surface area contributed by atoms with Crippen LogP contribution in [0.25, 0.3) is 22.8 Å². The Morgan fingerprint density at radius 3 is 2.58 bits per heavy atom. The summed E-state index contributed by atoms with van der Waals surface area (Å²) in [6.45, 7) is 6.58. The number of aryl methyl sites for hydroxylation is 1. The van der Waals surface area contributed by atoms with E-state index in [-0.39, 0.29) is 29.5 Å². The summed E-state index contributed by atoms with van der Waals surface area (Å²) < 4.78 is 53.4. The van der Waals surface area contributed by atoms with Gasteiger partial charge in [0, 0.05) is 17.4 Å². The van der Waals surface area contributed by atoms with Crippen molar-refractivity contribution in [3.63, 3.8) is 0 Å². The second-order valence-corrected chi connectivity index (χ2v) is 13.4. The zero-order valence-corrected chi connectivity index (χ0v) is 25.2. The number of sulfone groups is 1. The van der Waals surface area contributed by atoms with Crippen molar-refractivity contribution in [3.05, 3.63) is 76.8 Å². The molecule has 0 saturated carbocycles. The van der Waals surface area contributed by atoms with Gasteiger partial charge in [0.25, 0.3) is 11.8 Å². The van der Waals surface area contributed by atoms with Gasteiger partial charge in [-0.2, -0.15) is 4.98 Å². The minimum atomic E-state index is -4.31. The minimum absolute atomic E-state index is 0.0817. The summed E-state index contributed by atoms with van der Waals surface area (Å²) in [5, 5.41) is 6.74. The Morgan fingerprint density at radius 2 is 1.91 bits per heavy atom. The van der Waals surface area contributed by atoms with Crippen molar-refractivity contribution in [3.8, 4) is 22.8 Å². The van der Waals surface area contributed by atoms with Gasteiger partial charge < -0.3 is 19.5 Å². The van der Waals surface area contributed by atoms with Crippen LogP contribution in [0.15, 0.2) is 64.3 Å². The van der Waals surface area contributed by atoms with E-state index in [1.54, 1.807) is 57.3 Å². The highest BCUT2D eigenvalue weighted by Crippen LogP contribution is 2.37. The summed E-state index contributed by atoms with van der Waals surface area (Å²) in [6, 6.07) is 8.79. The molecule has 2 amide bonds. The summed E-state index contributed by atoms with van der Waals surface area (Å²) in [4.78, 5) is 35.6. The Bertz CT molecular complexity index is 1820. The van der Waals surface area contributed by atoms with Crippen LogP contribution < -0.4 is 10.2 Å². The SMILES string of the molecule is Cc1ccncc1-c1nc(-c2cc3c(cc2F)S(=O)(=O)C[C@H](NC(=O)OC(C)(C)C)C(=O)N3Cc2ccc(Cl)cc2)no1. The topological polar surface area (TPSA) is 145 Å². The predicted octanol–water partition coefficient (Wildman–Crippen LogP) is 5.11. The molecule has 0 saturated heterocycles. The first-order valence-electron chi connectivity index (χ1n) is 13.1. The van der Waals surface area contributed by atoms with Gasteiger partial charge in [-0.25, -0.2) is 17.6 Å². The molecule has 0 aliphatic carbocycles. The number of halogens is 2. The van der Waals surface area contributed by atoms with E-state index in [1.165, 1.54) is 17.2 Å². The number of ether oxygens (including phenoxy) is 1. The molecular formula is C29H27ClFN5O6S. The summed E-state index contributed by atoms with van der Waals surface area (Å²) >= 11 is 6.03. The normalized spacial score (nSPS) is 16.4. The van der Waals surface area contributed by atoms with Crippen molar-refractivity contribution in [2.45, 2.75) is 50.8 Å². The molecule has 5 rings (SSSR count). The van der Waals surface area contributed by atoms with Crippen LogP contribution in [-0.4, -0.2) is 52.9 Å². The number of alkyl carbamates (subject to hydrolysis) is 1. The second kappa shape index (κ2) is 11.4. The lowest BCUT2D eigenvalue weighted by Gasteiger charge is -2.27. The fourth-order valence-corrected chi connectivity index (χ4v) is 6.22. The van der Waals surface area contributed by atoms with Gasteiger partial charge in [0.2, 0.25) is 5.82 Å². The average Bonchev–Trinajstić information content (AvgIpc) is 3.38. The monoisotopic (exact) mass is 627 g/mol. The summed E-state index contributed by atoms with van der Waals surface area (Å²) in [5.41, 5.74) is 0.709. The molecule has 1 atom stereocenters. The molecule has 0 spiro atoms. The third-order valence-electron chi connectivity index (χ3n) is 6.51. The van der Waals surface area contributed by atoms with Crippen LogP contribution in [0.3, 0.4) is 0 Å². The number of pyridine rings is 1. The standard InChI is InChI=1S/C29H27ClFN5O6S/c1-16-9-10-32-13-20(16)26-34-25(35-42-26)19-11-23-24(12-21(19)31)43(39,40)15-22(33-28(38)41-29(2,3)4)27(37)36(23)14-17-5-7-18(30)8-6-17/h5-13,22H,14-15H2,1-4H3,(H,33,38)/t22-/m0/s1. The number of nitrogens with one attached hydrogen (secondary N) is 1. The summed E-state index contributed by atoms with van der Waals surface area (Å²) in [5.74, 6) is -2.60. The van der Waals surface area contributed by atoms with Gasteiger partial charge in [0.15, 0.2) is 9.84 Å². The summed E-state index contributed by atoms with van der Waals surface area (Å²) in [7, 11) is -4.31. The highest BCUT2D eigenvalue weighted by molar-refractivity contribution is 7.91. The van der Waals surface area contributed by atoms with Crippen LogP contribution in [-0.2, 0) is 25.9 Å². The van der Waals surface area contributed by atoms with Crippen molar-refractivity contribution in [2.75, 3.05) is 10.7 Å². The van der Waals surface area contributed by atoms with Crippen LogP contribution >= 0.6 is 11.6 Å². The lowest BCUT2D eigenvalue weighted by Crippen LogP contribution is -2.51. The number of rotatable bonds is 5. The zero-order valence-electron chi connectivity index (χ0n) is 23.6.